The van der Waals surface area contributed by atoms with Gasteiger partial charge in [-0.15, -0.1) is 0 Å². The first-order valence-corrected chi connectivity index (χ1v) is 14.3. The molecule has 0 aliphatic heterocycles. The number of benzene rings is 5. The number of nitrogens with one attached hydrogen (secondary N) is 1. The third kappa shape index (κ3) is 8.64. The van der Waals surface area contributed by atoms with Gasteiger partial charge in [-0.3, -0.25) is 9.59 Å². The van der Waals surface area contributed by atoms with Gasteiger partial charge in [-0.1, -0.05) is 24.3 Å². The number of hydrogen-bond donors (Lipinski definition) is 2. The lowest BCUT2D eigenvalue weighted by atomic mass is 10.0. The molecule has 0 atom stereocenters. The molecule has 0 fully saturated rings. The first kappa shape index (κ1) is 34.0. The molecule has 0 spiro atoms. The molecule has 0 aromatic heterocycles. The summed E-state index contributed by atoms with van der Waals surface area (Å²) in [6, 6.07) is 26.6. The van der Waals surface area contributed by atoms with Gasteiger partial charge in [0.05, 0.1) is 28.4 Å². The van der Waals surface area contributed by atoms with Crippen molar-refractivity contribution in [1.82, 2.24) is 0 Å². The van der Waals surface area contributed by atoms with Crippen molar-refractivity contribution in [2.75, 3.05) is 39.5 Å². The van der Waals surface area contributed by atoms with Gasteiger partial charge in [0.2, 0.25) is 0 Å². The topological polar surface area (TPSA) is 109 Å². The van der Waals surface area contributed by atoms with Crippen LogP contribution in [0, 0.1) is 11.6 Å². The van der Waals surface area contributed by atoms with E-state index in [0.29, 0.717) is 52.0 Å². The Bertz CT molecular complexity index is 1880. The van der Waals surface area contributed by atoms with Crippen molar-refractivity contribution >= 4 is 22.9 Å². The normalized spacial score (nSPS) is 10.3. The minimum absolute atomic E-state index is 0.259. The standard InChI is InChI=1S/C23H22FNO4.C14H12FNO2/c1-27-18-9-10-21(20(12-18)23(26)15-5-4-6-17(24)11-15)25-14-16-7-8-19(28-2)13-22(16)29-3;1-18-11-5-6-13(16)12(8-11)14(17)9-3-2-4-10(15)7-9/h4-13,25H,14H2,1-3H3;2-8H,16H2,1H3. The van der Waals surface area contributed by atoms with Crippen molar-refractivity contribution in [1.29, 1.82) is 0 Å². The Morgan fingerprint density at radius 2 is 1.13 bits per heavy atom. The van der Waals surface area contributed by atoms with E-state index < -0.39 is 11.6 Å². The summed E-state index contributed by atoms with van der Waals surface area (Å²) in [6.07, 6.45) is 0. The molecule has 0 radical (unpaired) electrons. The van der Waals surface area contributed by atoms with Crippen molar-refractivity contribution < 1.29 is 37.3 Å². The van der Waals surface area contributed by atoms with E-state index in [1.807, 2.05) is 12.1 Å². The highest BCUT2D eigenvalue weighted by Crippen LogP contribution is 2.29. The number of ether oxygens (including phenoxy) is 4. The molecule has 5 rings (SSSR count). The van der Waals surface area contributed by atoms with E-state index in [0.717, 1.165) is 5.56 Å². The Morgan fingerprint density at radius 3 is 1.68 bits per heavy atom. The molecule has 0 aliphatic carbocycles. The van der Waals surface area contributed by atoms with Gasteiger partial charge in [0.15, 0.2) is 11.6 Å². The predicted molar refractivity (Wildman–Crippen MR) is 177 cm³/mol. The van der Waals surface area contributed by atoms with Crippen LogP contribution in [0.4, 0.5) is 20.2 Å². The molecule has 0 aliphatic rings. The lowest BCUT2D eigenvalue weighted by molar-refractivity contribution is 0.103. The fraction of sp³-hybridized carbons (Fsp3) is 0.135. The molecule has 5 aromatic rings. The summed E-state index contributed by atoms with van der Waals surface area (Å²) in [5, 5.41) is 3.27. The number of methoxy groups -OCH3 is 4. The quantitative estimate of drug-likeness (QED) is 0.114. The van der Waals surface area contributed by atoms with Crippen molar-refractivity contribution in [3.63, 3.8) is 0 Å². The molecule has 0 heterocycles. The number of anilines is 2. The summed E-state index contributed by atoms with van der Waals surface area (Å²) in [4.78, 5) is 25.2. The number of rotatable bonds is 11. The van der Waals surface area contributed by atoms with Crippen LogP contribution in [0.3, 0.4) is 0 Å². The Hall–Kier alpha value is -5.90. The fourth-order valence-electron chi connectivity index (χ4n) is 4.61. The highest BCUT2D eigenvalue weighted by atomic mass is 19.1. The summed E-state index contributed by atoms with van der Waals surface area (Å²) >= 11 is 0. The molecule has 3 N–H and O–H groups in total. The summed E-state index contributed by atoms with van der Waals surface area (Å²) in [7, 11) is 6.21. The zero-order chi connectivity index (χ0) is 33.9. The third-order valence-electron chi connectivity index (χ3n) is 7.11. The predicted octanol–water partition coefficient (Wildman–Crippen LogP) is 7.34. The number of carbonyl (C=O) groups is 2. The van der Waals surface area contributed by atoms with E-state index in [1.54, 1.807) is 68.8 Å². The lowest BCUT2D eigenvalue weighted by Gasteiger charge is -2.15. The van der Waals surface area contributed by atoms with Crippen LogP contribution in [0.15, 0.2) is 103 Å². The highest BCUT2D eigenvalue weighted by molar-refractivity contribution is 6.13. The van der Waals surface area contributed by atoms with Crippen LogP contribution in [-0.4, -0.2) is 40.0 Å². The van der Waals surface area contributed by atoms with Crippen LogP contribution in [0.1, 0.15) is 37.4 Å². The van der Waals surface area contributed by atoms with Crippen LogP contribution in [-0.2, 0) is 6.54 Å². The van der Waals surface area contributed by atoms with Crippen molar-refractivity contribution in [3.8, 4) is 23.0 Å². The molecule has 0 unspecified atom stereocenters. The molecule has 5 aromatic carbocycles. The lowest BCUT2D eigenvalue weighted by Crippen LogP contribution is -2.09. The van der Waals surface area contributed by atoms with E-state index in [1.165, 1.54) is 50.6 Å². The molecule has 0 saturated carbocycles. The zero-order valence-electron chi connectivity index (χ0n) is 26.3. The molecule has 242 valence electrons. The van der Waals surface area contributed by atoms with Gasteiger partial charge in [-0.2, -0.15) is 0 Å². The van der Waals surface area contributed by atoms with Crippen LogP contribution >= 0.6 is 0 Å². The molecule has 0 saturated heterocycles. The molecular formula is C37H34F2N2O6. The number of ketones is 2. The van der Waals surface area contributed by atoms with Gasteiger partial charge in [-0.25, -0.2) is 8.78 Å². The number of nitrogen functional groups attached to an aromatic ring is 1. The number of halogens is 2. The number of carbonyl (C=O) groups excluding carboxylic acids is 2. The van der Waals surface area contributed by atoms with E-state index >= 15 is 0 Å². The number of nitrogens with two attached hydrogens (primary N) is 1. The first-order chi connectivity index (χ1) is 22.7. The van der Waals surface area contributed by atoms with Gasteiger partial charge in [0.1, 0.15) is 34.6 Å². The minimum atomic E-state index is -0.462. The second-order valence-electron chi connectivity index (χ2n) is 10.1. The highest BCUT2D eigenvalue weighted by Gasteiger charge is 2.17. The average Bonchev–Trinajstić information content (AvgIpc) is 3.10. The van der Waals surface area contributed by atoms with Crippen LogP contribution < -0.4 is 30.0 Å². The molecular weight excluding hydrogens is 606 g/mol. The summed E-state index contributed by atoms with van der Waals surface area (Å²) < 4.78 is 47.6. The van der Waals surface area contributed by atoms with E-state index in [4.69, 9.17) is 24.7 Å². The fourth-order valence-corrected chi connectivity index (χ4v) is 4.61. The molecule has 10 heteroatoms. The summed E-state index contributed by atoms with van der Waals surface area (Å²) in [6.45, 7) is 0.420. The minimum Gasteiger partial charge on any atom is -0.497 e. The maximum Gasteiger partial charge on any atom is 0.195 e. The number of hydrogen-bond acceptors (Lipinski definition) is 8. The van der Waals surface area contributed by atoms with Crippen LogP contribution in [0.25, 0.3) is 0 Å². The second kappa shape index (κ2) is 15.9. The van der Waals surface area contributed by atoms with Crippen molar-refractivity contribution in [3.05, 3.63) is 143 Å². The van der Waals surface area contributed by atoms with Crippen molar-refractivity contribution in [2.24, 2.45) is 0 Å². The van der Waals surface area contributed by atoms with Gasteiger partial charge in [0, 0.05) is 51.8 Å². The first-order valence-electron chi connectivity index (χ1n) is 14.3. The van der Waals surface area contributed by atoms with Gasteiger partial charge in [0.25, 0.3) is 0 Å². The van der Waals surface area contributed by atoms with Gasteiger partial charge in [-0.05, 0) is 72.8 Å². The Morgan fingerprint density at radius 1 is 0.617 bits per heavy atom. The average molecular weight is 641 g/mol. The second-order valence-corrected chi connectivity index (χ2v) is 10.1. The van der Waals surface area contributed by atoms with E-state index in [9.17, 15) is 18.4 Å². The zero-order valence-corrected chi connectivity index (χ0v) is 26.3. The smallest absolute Gasteiger partial charge is 0.195 e. The Labute approximate surface area is 271 Å². The molecule has 8 nitrogen and oxygen atoms in total. The third-order valence-corrected chi connectivity index (χ3v) is 7.11. The summed E-state index contributed by atoms with van der Waals surface area (Å²) in [5.74, 6) is 0.888. The molecule has 47 heavy (non-hydrogen) atoms. The Kier molecular flexibility index (Phi) is 11.5. The van der Waals surface area contributed by atoms with Crippen molar-refractivity contribution in [2.45, 2.75) is 6.54 Å². The van der Waals surface area contributed by atoms with Gasteiger partial charge >= 0.3 is 0 Å². The Balaban J connectivity index is 0.000000238. The van der Waals surface area contributed by atoms with Crippen LogP contribution in [0.5, 0.6) is 23.0 Å². The van der Waals surface area contributed by atoms with E-state index in [-0.39, 0.29) is 22.7 Å². The van der Waals surface area contributed by atoms with Gasteiger partial charge < -0.3 is 30.0 Å². The monoisotopic (exact) mass is 640 g/mol. The SMILES string of the molecule is COc1ccc(CNc2ccc(OC)cc2C(=O)c2cccc(F)c2)c(OC)c1.COc1ccc(N)c(C(=O)c2cccc(F)c2)c1. The maximum absolute atomic E-state index is 13.6. The van der Waals surface area contributed by atoms with Crippen LogP contribution in [0.2, 0.25) is 0 Å². The largest absolute Gasteiger partial charge is 0.497 e. The van der Waals surface area contributed by atoms with E-state index in [2.05, 4.69) is 5.32 Å². The molecule has 0 amide bonds. The molecule has 0 bridgehead atoms. The maximum atomic E-state index is 13.6. The summed E-state index contributed by atoms with van der Waals surface area (Å²) in [5.41, 5.74) is 8.82.